The zero-order valence-corrected chi connectivity index (χ0v) is 12.6. The minimum atomic E-state index is 0.273. The fourth-order valence-corrected chi connectivity index (χ4v) is 1.92. The number of nitrogens with one attached hydrogen (secondary N) is 1. The fraction of sp³-hybridized carbons (Fsp3) is 0.375. The summed E-state index contributed by atoms with van der Waals surface area (Å²) in [7, 11) is 0. The van der Waals surface area contributed by atoms with Gasteiger partial charge in [0.15, 0.2) is 0 Å². The van der Waals surface area contributed by atoms with Crippen molar-refractivity contribution in [2.75, 3.05) is 13.2 Å². The average Bonchev–Trinajstić information content (AvgIpc) is 3.00. The summed E-state index contributed by atoms with van der Waals surface area (Å²) in [5, 5.41) is 7.55. The number of hydrogen-bond acceptors (Lipinski definition) is 4. The minimum absolute atomic E-state index is 0.273. The molecule has 0 saturated heterocycles. The molecule has 0 radical (unpaired) electrons. The summed E-state index contributed by atoms with van der Waals surface area (Å²) in [5.74, 6) is 0.877. The molecular formula is C16H22N4O. The SMILES string of the molecule is C=C(C)COc1cccc(CNCC(C)n2cncn2)c1. The van der Waals surface area contributed by atoms with Crippen LogP contribution in [0.4, 0.5) is 0 Å². The lowest BCUT2D eigenvalue weighted by Crippen LogP contribution is -2.23. The van der Waals surface area contributed by atoms with Gasteiger partial charge in [-0.05, 0) is 37.1 Å². The first kappa shape index (κ1) is 15.3. The van der Waals surface area contributed by atoms with E-state index < -0.39 is 0 Å². The van der Waals surface area contributed by atoms with Crippen LogP contribution in [0.5, 0.6) is 5.75 Å². The van der Waals surface area contributed by atoms with Crippen molar-refractivity contribution in [2.24, 2.45) is 0 Å². The number of ether oxygens (including phenoxy) is 1. The van der Waals surface area contributed by atoms with Gasteiger partial charge in [0, 0.05) is 13.1 Å². The predicted octanol–water partition coefficient (Wildman–Crippen LogP) is 2.58. The second-order valence-electron chi connectivity index (χ2n) is 5.25. The Labute approximate surface area is 125 Å². The Bertz CT molecular complexity index is 565. The molecule has 0 aliphatic heterocycles. The van der Waals surface area contributed by atoms with Crippen molar-refractivity contribution in [1.29, 1.82) is 0 Å². The molecular weight excluding hydrogens is 264 g/mol. The second-order valence-corrected chi connectivity index (χ2v) is 5.25. The molecule has 0 saturated carbocycles. The van der Waals surface area contributed by atoms with Gasteiger partial charge in [-0.1, -0.05) is 18.7 Å². The minimum Gasteiger partial charge on any atom is -0.489 e. The standard InChI is InChI=1S/C16H22N4O/c1-13(2)10-21-16-6-4-5-15(7-16)9-17-8-14(3)20-12-18-11-19-20/h4-7,11-12,14,17H,1,8-10H2,2-3H3. The molecule has 112 valence electrons. The smallest absolute Gasteiger partial charge is 0.137 e. The lowest BCUT2D eigenvalue weighted by molar-refractivity contribution is 0.352. The molecule has 0 bridgehead atoms. The number of rotatable bonds is 8. The van der Waals surface area contributed by atoms with Crippen molar-refractivity contribution in [3.8, 4) is 5.75 Å². The third-order valence-corrected chi connectivity index (χ3v) is 3.04. The summed E-state index contributed by atoms with van der Waals surface area (Å²) in [4.78, 5) is 3.96. The van der Waals surface area contributed by atoms with E-state index >= 15 is 0 Å². The Morgan fingerprint density at radius 2 is 2.33 bits per heavy atom. The van der Waals surface area contributed by atoms with Crippen LogP contribution >= 0.6 is 0 Å². The summed E-state index contributed by atoms with van der Waals surface area (Å²) >= 11 is 0. The van der Waals surface area contributed by atoms with Gasteiger partial charge in [-0.25, -0.2) is 9.67 Å². The van der Waals surface area contributed by atoms with E-state index in [1.54, 1.807) is 12.7 Å². The fourth-order valence-electron chi connectivity index (χ4n) is 1.92. The van der Waals surface area contributed by atoms with Crippen molar-refractivity contribution in [3.05, 3.63) is 54.6 Å². The molecule has 1 atom stereocenters. The molecule has 0 aliphatic rings. The lowest BCUT2D eigenvalue weighted by Gasteiger charge is -2.13. The zero-order valence-electron chi connectivity index (χ0n) is 12.6. The quantitative estimate of drug-likeness (QED) is 0.758. The van der Waals surface area contributed by atoms with Crippen LogP contribution in [-0.2, 0) is 6.54 Å². The van der Waals surface area contributed by atoms with Gasteiger partial charge in [0.2, 0.25) is 0 Å². The van der Waals surface area contributed by atoms with Gasteiger partial charge >= 0.3 is 0 Å². The second kappa shape index (κ2) is 7.59. The molecule has 1 aromatic heterocycles. The summed E-state index contributed by atoms with van der Waals surface area (Å²) in [5.41, 5.74) is 2.21. The molecule has 0 spiro atoms. The highest BCUT2D eigenvalue weighted by molar-refractivity contribution is 5.28. The molecule has 0 fully saturated rings. The van der Waals surface area contributed by atoms with Gasteiger partial charge in [-0.15, -0.1) is 0 Å². The summed E-state index contributed by atoms with van der Waals surface area (Å²) in [6.07, 6.45) is 3.29. The summed E-state index contributed by atoms with van der Waals surface area (Å²) in [6.45, 7) is 10.1. The highest BCUT2D eigenvalue weighted by Gasteiger charge is 2.04. The Kier molecular flexibility index (Phi) is 5.51. The van der Waals surface area contributed by atoms with Gasteiger partial charge in [-0.2, -0.15) is 5.10 Å². The first-order valence-electron chi connectivity index (χ1n) is 7.06. The predicted molar refractivity (Wildman–Crippen MR) is 83.2 cm³/mol. The van der Waals surface area contributed by atoms with Crippen LogP contribution in [0.1, 0.15) is 25.5 Å². The van der Waals surface area contributed by atoms with E-state index in [-0.39, 0.29) is 6.04 Å². The van der Waals surface area contributed by atoms with E-state index in [0.717, 1.165) is 24.4 Å². The van der Waals surface area contributed by atoms with Crippen LogP contribution in [0.2, 0.25) is 0 Å². The van der Waals surface area contributed by atoms with E-state index in [1.807, 2.05) is 23.7 Å². The normalized spacial score (nSPS) is 12.1. The molecule has 0 aliphatic carbocycles. The first-order chi connectivity index (χ1) is 10.1. The maximum absolute atomic E-state index is 5.64. The van der Waals surface area contributed by atoms with Gasteiger partial charge < -0.3 is 10.1 Å². The molecule has 2 rings (SSSR count). The first-order valence-corrected chi connectivity index (χ1v) is 7.06. The molecule has 5 heteroatoms. The molecule has 1 N–H and O–H groups in total. The van der Waals surface area contributed by atoms with Crippen LogP contribution in [0, 0.1) is 0 Å². The lowest BCUT2D eigenvalue weighted by atomic mass is 10.2. The Morgan fingerprint density at radius 3 is 3.05 bits per heavy atom. The van der Waals surface area contributed by atoms with Crippen molar-refractivity contribution in [3.63, 3.8) is 0 Å². The number of aromatic nitrogens is 3. The van der Waals surface area contributed by atoms with Crippen molar-refractivity contribution >= 4 is 0 Å². The van der Waals surface area contributed by atoms with Gasteiger partial charge in [-0.3, -0.25) is 0 Å². The van der Waals surface area contributed by atoms with Crippen LogP contribution < -0.4 is 10.1 Å². The largest absolute Gasteiger partial charge is 0.489 e. The van der Waals surface area contributed by atoms with Crippen LogP contribution in [0.25, 0.3) is 0 Å². The maximum atomic E-state index is 5.64. The Morgan fingerprint density at radius 1 is 1.48 bits per heavy atom. The number of nitrogens with zero attached hydrogens (tertiary/aromatic N) is 3. The molecule has 21 heavy (non-hydrogen) atoms. The monoisotopic (exact) mass is 286 g/mol. The van der Waals surface area contributed by atoms with Crippen molar-refractivity contribution < 1.29 is 4.74 Å². The zero-order chi connectivity index (χ0) is 15.1. The third kappa shape index (κ3) is 5.04. The van der Waals surface area contributed by atoms with E-state index in [0.29, 0.717) is 6.61 Å². The third-order valence-electron chi connectivity index (χ3n) is 3.04. The summed E-state index contributed by atoms with van der Waals surface area (Å²) < 4.78 is 7.49. The number of hydrogen-bond donors (Lipinski definition) is 1. The highest BCUT2D eigenvalue weighted by Crippen LogP contribution is 2.14. The average molecular weight is 286 g/mol. The highest BCUT2D eigenvalue weighted by atomic mass is 16.5. The topological polar surface area (TPSA) is 52.0 Å². The van der Waals surface area contributed by atoms with E-state index in [4.69, 9.17) is 4.74 Å². The van der Waals surface area contributed by atoms with Crippen LogP contribution in [-0.4, -0.2) is 27.9 Å². The summed E-state index contributed by atoms with van der Waals surface area (Å²) in [6, 6.07) is 8.38. The van der Waals surface area contributed by atoms with Crippen molar-refractivity contribution in [1.82, 2.24) is 20.1 Å². The van der Waals surface area contributed by atoms with Crippen LogP contribution in [0.15, 0.2) is 49.1 Å². The Hall–Kier alpha value is -2.14. The Balaban J connectivity index is 1.80. The van der Waals surface area contributed by atoms with Gasteiger partial charge in [0.1, 0.15) is 25.0 Å². The molecule has 1 unspecified atom stereocenters. The number of benzene rings is 1. The van der Waals surface area contributed by atoms with Crippen LogP contribution in [0.3, 0.4) is 0 Å². The van der Waals surface area contributed by atoms with E-state index in [2.05, 4.69) is 41.0 Å². The molecule has 5 nitrogen and oxygen atoms in total. The van der Waals surface area contributed by atoms with E-state index in [1.165, 1.54) is 5.56 Å². The van der Waals surface area contributed by atoms with Gasteiger partial charge in [0.05, 0.1) is 6.04 Å². The molecule has 2 aromatic rings. The van der Waals surface area contributed by atoms with Gasteiger partial charge in [0.25, 0.3) is 0 Å². The molecule has 0 amide bonds. The van der Waals surface area contributed by atoms with Crippen molar-refractivity contribution in [2.45, 2.75) is 26.4 Å². The molecule has 1 aromatic carbocycles. The maximum Gasteiger partial charge on any atom is 0.137 e. The van der Waals surface area contributed by atoms with E-state index in [9.17, 15) is 0 Å². The molecule has 1 heterocycles.